The van der Waals surface area contributed by atoms with E-state index in [4.69, 9.17) is 11.6 Å². The van der Waals surface area contributed by atoms with Crippen molar-refractivity contribution in [2.45, 2.75) is 16.5 Å². The van der Waals surface area contributed by atoms with Crippen LogP contribution in [-0.2, 0) is 14.6 Å². The van der Waals surface area contributed by atoms with Gasteiger partial charge in [-0.15, -0.1) is 0 Å². The lowest BCUT2D eigenvalue weighted by atomic mass is 10.2. The van der Waals surface area contributed by atoms with E-state index in [2.05, 4.69) is 5.32 Å². The zero-order chi connectivity index (χ0) is 15.5. The van der Waals surface area contributed by atoms with Crippen LogP contribution in [0.2, 0.25) is 0 Å². The van der Waals surface area contributed by atoms with Gasteiger partial charge in [0, 0.05) is 12.6 Å². The molecule has 0 spiro atoms. The van der Waals surface area contributed by atoms with Crippen LogP contribution in [-0.4, -0.2) is 14.3 Å². The summed E-state index contributed by atoms with van der Waals surface area (Å²) >= 11 is 6.10. The Morgan fingerprint density at radius 2 is 1.62 bits per heavy atom. The summed E-state index contributed by atoms with van der Waals surface area (Å²) in [6.45, 7) is 1.38. The van der Waals surface area contributed by atoms with Gasteiger partial charge in [-0.25, -0.2) is 8.42 Å². The molecule has 6 heteroatoms. The third-order valence-corrected chi connectivity index (χ3v) is 5.54. The molecule has 0 saturated heterocycles. The summed E-state index contributed by atoms with van der Waals surface area (Å²) in [6.07, 6.45) is 0. The molecule has 0 bridgehead atoms. The predicted molar refractivity (Wildman–Crippen MR) is 83.0 cm³/mol. The number of carbonyl (C=O) groups is 1. The van der Waals surface area contributed by atoms with Crippen LogP contribution in [0.15, 0.2) is 59.5 Å². The largest absolute Gasteiger partial charge is 0.326 e. The molecule has 0 saturated carbocycles. The molecule has 0 fully saturated rings. The monoisotopic (exact) mass is 323 g/mol. The smallest absolute Gasteiger partial charge is 0.221 e. The van der Waals surface area contributed by atoms with Crippen molar-refractivity contribution in [3.05, 3.63) is 60.2 Å². The van der Waals surface area contributed by atoms with Crippen LogP contribution in [0.3, 0.4) is 0 Å². The van der Waals surface area contributed by atoms with Crippen LogP contribution in [0.4, 0.5) is 5.69 Å². The molecule has 110 valence electrons. The Morgan fingerprint density at radius 3 is 2.14 bits per heavy atom. The van der Waals surface area contributed by atoms with Crippen LogP contribution in [0, 0.1) is 0 Å². The number of sulfone groups is 1. The van der Waals surface area contributed by atoms with Crippen molar-refractivity contribution in [1.29, 1.82) is 0 Å². The Kier molecular flexibility index (Phi) is 4.65. The average molecular weight is 324 g/mol. The molecule has 2 aromatic carbocycles. The number of amides is 1. The van der Waals surface area contributed by atoms with Crippen LogP contribution in [0.25, 0.3) is 0 Å². The first-order chi connectivity index (χ1) is 9.91. The SMILES string of the molecule is CC(=O)Nc1ccc(S(=O)(=O)[C@@H](Cl)c2ccccc2)cc1. The Labute approximate surface area is 128 Å². The van der Waals surface area contributed by atoms with Gasteiger partial charge >= 0.3 is 0 Å². The van der Waals surface area contributed by atoms with Crippen molar-refractivity contribution >= 4 is 33.0 Å². The molecule has 0 radical (unpaired) electrons. The van der Waals surface area contributed by atoms with E-state index < -0.39 is 14.5 Å². The van der Waals surface area contributed by atoms with E-state index in [1.165, 1.54) is 31.2 Å². The van der Waals surface area contributed by atoms with E-state index in [0.717, 1.165) is 0 Å². The number of hydrogen-bond donors (Lipinski definition) is 1. The number of anilines is 1. The number of benzene rings is 2. The van der Waals surface area contributed by atoms with Crippen LogP contribution >= 0.6 is 11.6 Å². The fraction of sp³-hybridized carbons (Fsp3) is 0.133. The van der Waals surface area contributed by atoms with Gasteiger partial charge in [0.15, 0.2) is 14.5 Å². The number of carbonyl (C=O) groups excluding carboxylic acids is 1. The van der Waals surface area contributed by atoms with E-state index in [1.807, 2.05) is 0 Å². The second kappa shape index (κ2) is 6.28. The third-order valence-electron chi connectivity index (χ3n) is 2.84. The maximum absolute atomic E-state index is 12.4. The predicted octanol–water partition coefficient (Wildman–Crippen LogP) is 3.36. The first-order valence-corrected chi connectivity index (χ1v) is 8.20. The third kappa shape index (κ3) is 3.62. The zero-order valence-electron chi connectivity index (χ0n) is 11.3. The molecule has 0 aliphatic heterocycles. The number of alkyl halides is 1. The molecule has 0 aromatic heterocycles. The normalized spacial score (nSPS) is 12.7. The van der Waals surface area contributed by atoms with E-state index in [0.29, 0.717) is 11.3 Å². The van der Waals surface area contributed by atoms with E-state index >= 15 is 0 Å². The lowest BCUT2D eigenvalue weighted by Crippen LogP contribution is -2.09. The fourth-order valence-corrected chi connectivity index (χ4v) is 3.56. The lowest BCUT2D eigenvalue weighted by Gasteiger charge is -2.12. The van der Waals surface area contributed by atoms with Gasteiger partial charge in [-0.05, 0) is 29.8 Å². The summed E-state index contributed by atoms with van der Waals surface area (Å²) in [5.41, 5.74) is 1.05. The van der Waals surface area contributed by atoms with Gasteiger partial charge in [-0.1, -0.05) is 41.9 Å². The van der Waals surface area contributed by atoms with Crippen molar-refractivity contribution in [1.82, 2.24) is 0 Å². The van der Waals surface area contributed by atoms with Crippen molar-refractivity contribution < 1.29 is 13.2 Å². The second-order valence-corrected chi connectivity index (χ2v) is 7.21. The highest BCUT2D eigenvalue weighted by Crippen LogP contribution is 2.32. The molecule has 2 rings (SSSR count). The summed E-state index contributed by atoms with van der Waals surface area (Å²) in [5.74, 6) is -0.217. The number of rotatable bonds is 4. The van der Waals surface area contributed by atoms with Gasteiger partial charge < -0.3 is 5.32 Å². The Balaban J connectivity index is 2.29. The quantitative estimate of drug-likeness (QED) is 0.877. The molecule has 0 unspecified atom stereocenters. The maximum Gasteiger partial charge on any atom is 0.221 e. The first kappa shape index (κ1) is 15.5. The molecule has 0 heterocycles. The summed E-state index contributed by atoms with van der Waals surface area (Å²) < 4.78 is 23.7. The van der Waals surface area contributed by atoms with Crippen LogP contribution in [0.5, 0.6) is 0 Å². The molecule has 4 nitrogen and oxygen atoms in total. The highest BCUT2D eigenvalue weighted by atomic mass is 35.5. The summed E-state index contributed by atoms with van der Waals surface area (Å²) in [6, 6.07) is 14.5. The first-order valence-electron chi connectivity index (χ1n) is 6.22. The molecule has 0 aliphatic carbocycles. The van der Waals surface area contributed by atoms with Crippen LogP contribution in [0.1, 0.15) is 17.2 Å². The number of hydrogen-bond acceptors (Lipinski definition) is 3. The molecular weight excluding hydrogens is 310 g/mol. The second-order valence-electron chi connectivity index (χ2n) is 4.48. The standard InChI is InChI=1S/C15H14ClNO3S/c1-11(18)17-13-7-9-14(10-8-13)21(19,20)15(16)12-5-3-2-4-6-12/h2-10,15H,1H3,(H,17,18)/t15-/m1/s1. The number of halogens is 1. The Bertz CT molecular complexity index is 727. The summed E-state index contributed by atoms with van der Waals surface area (Å²) in [4.78, 5) is 11.0. The minimum absolute atomic E-state index is 0.112. The maximum atomic E-state index is 12.4. The topological polar surface area (TPSA) is 63.2 Å². The van der Waals surface area contributed by atoms with Crippen molar-refractivity contribution in [3.8, 4) is 0 Å². The minimum Gasteiger partial charge on any atom is -0.326 e. The lowest BCUT2D eigenvalue weighted by molar-refractivity contribution is -0.114. The van der Waals surface area contributed by atoms with E-state index in [9.17, 15) is 13.2 Å². The van der Waals surface area contributed by atoms with Gasteiger partial charge in [0.1, 0.15) is 0 Å². The van der Waals surface area contributed by atoms with Gasteiger partial charge in [-0.3, -0.25) is 4.79 Å². The number of nitrogens with one attached hydrogen (secondary N) is 1. The molecule has 0 aliphatic rings. The minimum atomic E-state index is -3.68. The highest BCUT2D eigenvalue weighted by molar-refractivity contribution is 7.92. The Hall–Kier alpha value is -1.85. The van der Waals surface area contributed by atoms with Crippen molar-refractivity contribution in [2.75, 3.05) is 5.32 Å². The molecule has 1 atom stereocenters. The van der Waals surface area contributed by atoms with Gasteiger partial charge in [-0.2, -0.15) is 0 Å². The average Bonchev–Trinajstić information content (AvgIpc) is 2.47. The van der Waals surface area contributed by atoms with Gasteiger partial charge in [0.05, 0.1) is 4.90 Å². The molecule has 1 N–H and O–H groups in total. The molecular formula is C15H14ClNO3S. The molecule has 21 heavy (non-hydrogen) atoms. The zero-order valence-corrected chi connectivity index (χ0v) is 12.9. The van der Waals surface area contributed by atoms with Gasteiger partial charge in [0.2, 0.25) is 5.91 Å². The van der Waals surface area contributed by atoms with E-state index in [-0.39, 0.29) is 10.8 Å². The van der Waals surface area contributed by atoms with E-state index in [1.54, 1.807) is 30.3 Å². The summed E-state index contributed by atoms with van der Waals surface area (Å²) in [7, 11) is -3.68. The molecule has 1 amide bonds. The molecule has 2 aromatic rings. The van der Waals surface area contributed by atoms with Crippen molar-refractivity contribution in [2.24, 2.45) is 0 Å². The van der Waals surface area contributed by atoms with Crippen LogP contribution < -0.4 is 5.32 Å². The van der Waals surface area contributed by atoms with Crippen molar-refractivity contribution in [3.63, 3.8) is 0 Å². The van der Waals surface area contributed by atoms with Gasteiger partial charge in [0.25, 0.3) is 0 Å². The highest BCUT2D eigenvalue weighted by Gasteiger charge is 2.26. The summed E-state index contributed by atoms with van der Waals surface area (Å²) in [5, 5.41) is 2.58. The fourth-order valence-electron chi connectivity index (χ4n) is 1.83. The Morgan fingerprint density at radius 1 is 1.05 bits per heavy atom.